The molecular weight excluding hydrogens is 290 g/mol. The monoisotopic (exact) mass is 313 g/mol. The molecule has 0 heterocycles. The van der Waals surface area contributed by atoms with E-state index in [9.17, 15) is 8.42 Å². The third-order valence-corrected chi connectivity index (χ3v) is 6.86. The van der Waals surface area contributed by atoms with Crippen LogP contribution in [0.4, 0.5) is 5.69 Å². The van der Waals surface area contributed by atoms with Crippen LogP contribution in [0, 0.1) is 0 Å². The summed E-state index contributed by atoms with van der Waals surface area (Å²) in [6.45, 7) is 1.67. The van der Waals surface area contributed by atoms with Crippen LogP contribution in [0.15, 0.2) is 29.2 Å². The van der Waals surface area contributed by atoms with E-state index in [1.165, 1.54) is 25.7 Å². The molecule has 5 heteroatoms. The van der Waals surface area contributed by atoms with Gasteiger partial charge in [-0.1, -0.05) is 6.92 Å². The first-order valence-electron chi connectivity index (χ1n) is 7.17. The van der Waals surface area contributed by atoms with Crippen LogP contribution >= 0.6 is 11.8 Å². The van der Waals surface area contributed by atoms with Crippen molar-refractivity contribution in [1.29, 1.82) is 0 Å². The second kappa shape index (κ2) is 6.85. The van der Waals surface area contributed by atoms with Crippen molar-refractivity contribution in [3.63, 3.8) is 0 Å². The molecule has 112 valence electrons. The third kappa shape index (κ3) is 3.92. The minimum absolute atomic E-state index is 0.151. The fourth-order valence-corrected chi connectivity index (χ4v) is 4.23. The van der Waals surface area contributed by atoms with Gasteiger partial charge in [0.25, 0.3) is 0 Å². The van der Waals surface area contributed by atoms with Crippen LogP contribution in [0.2, 0.25) is 0 Å². The fraction of sp³-hybridized carbons (Fsp3) is 0.600. The fourth-order valence-electron chi connectivity index (χ4n) is 2.60. The van der Waals surface area contributed by atoms with Crippen molar-refractivity contribution in [3.8, 4) is 0 Å². The molecule has 0 amide bonds. The molecule has 1 fully saturated rings. The Hall–Kier alpha value is -0.680. The maximum Gasteiger partial charge on any atom is 0.178 e. The van der Waals surface area contributed by atoms with Gasteiger partial charge in [-0.25, -0.2) is 8.42 Å². The molecule has 0 saturated heterocycles. The van der Waals surface area contributed by atoms with E-state index >= 15 is 0 Å². The summed E-state index contributed by atoms with van der Waals surface area (Å²) in [5.74, 6) is 0.151. The molecule has 1 aliphatic rings. The molecule has 1 aromatic rings. The van der Waals surface area contributed by atoms with Crippen LogP contribution in [0.5, 0.6) is 0 Å². The molecule has 0 aliphatic heterocycles. The van der Waals surface area contributed by atoms with Gasteiger partial charge in [-0.3, -0.25) is 0 Å². The predicted molar refractivity (Wildman–Crippen MR) is 87.4 cm³/mol. The number of anilines is 1. The predicted octanol–water partition coefficient (Wildman–Crippen LogP) is 3.57. The van der Waals surface area contributed by atoms with Gasteiger partial charge in [-0.05, 0) is 56.2 Å². The SMILES string of the molecule is CCS(=O)(=O)c1ccc(NC2CCC(SC)CC2)cc1. The zero-order chi connectivity index (χ0) is 14.6. The summed E-state index contributed by atoms with van der Waals surface area (Å²) < 4.78 is 23.5. The summed E-state index contributed by atoms with van der Waals surface area (Å²) in [5.41, 5.74) is 1.02. The lowest BCUT2D eigenvalue weighted by atomic mass is 9.95. The maximum absolute atomic E-state index is 11.7. The molecule has 3 nitrogen and oxygen atoms in total. The Morgan fingerprint density at radius 1 is 1.15 bits per heavy atom. The Labute approximate surface area is 126 Å². The van der Waals surface area contributed by atoms with Crippen molar-refractivity contribution in [1.82, 2.24) is 0 Å². The number of sulfone groups is 1. The molecule has 1 aliphatic carbocycles. The van der Waals surface area contributed by atoms with Crippen LogP contribution in [0.1, 0.15) is 32.6 Å². The molecule has 20 heavy (non-hydrogen) atoms. The average molecular weight is 313 g/mol. The Kier molecular flexibility index (Phi) is 5.38. The first kappa shape index (κ1) is 15.7. The smallest absolute Gasteiger partial charge is 0.178 e. The van der Waals surface area contributed by atoms with E-state index in [1.807, 2.05) is 23.9 Å². The molecular formula is C15H23NO2S2. The number of hydrogen-bond acceptors (Lipinski definition) is 4. The van der Waals surface area contributed by atoms with Crippen LogP contribution in [0.3, 0.4) is 0 Å². The van der Waals surface area contributed by atoms with E-state index in [0.717, 1.165) is 10.9 Å². The van der Waals surface area contributed by atoms with Crippen molar-refractivity contribution < 1.29 is 8.42 Å². The van der Waals surface area contributed by atoms with E-state index in [1.54, 1.807) is 19.1 Å². The topological polar surface area (TPSA) is 46.2 Å². The van der Waals surface area contributed by atoms with Crippen LogP contribution < -0.4 is 5.32 Å². The average Bonchev–Trinajstić information content (AvgIpc) is 2.48. The molecule has 1 N–H and O–H groups in total. The summed E-state index contributed by atoms with van der Waals surface area (Å²) in [7, 11) is -3.09. The highest BCUT2D eigenvalue weighted by atomic mass is 32.2. The van der Waals surface area contributed by atoms with Crippen molar-refractivity contribution >= 4 is 27.3 Å². The number of thioether (sulfide) groups is 1. The standard InChI is InChI=1S/C15H23NO2S2/c1-3-20(17,18)15-10-6-13(7-11-15)16-12-4-8-14(19-2)9-5-12/h6-7,10-12,14,16H,3-5,8-9H2,1-2H3. The lowest BCUT2D eigenvalue weighted by molar-refractivity contribution is 0.473. The molecule has 0 atom stereocenters. The first-order chi connectivity index (χ1) is 9.55. The first-order valence-corrected chi connectivity index (χ1v) is 10.1. The molecule has 0 bridgehead atoms. The Bertz CT molecular complexity index is 517. The van der Waals surface area contributed by atoms with Gasteiger partial charge in [0, 0.05) is 17.0 Å². The van der Waals surface area contributed by atoms with E-state index in [-0.39, 0.29) is 5.75 Å². The van der Waals surface area contributed by atoms with Crippen molar-refractivity contribution in [2.24, 2.45) is 0 Å². The van der Waals surface area contributed by atoms with Crippen LogP contribution in [-0.2, 0) is 9.84 Å². The largest absolute Gasteiger partial charge is 0.382 e. The summed E-state index contributed by atoms with van der Waals surface area (Å²) in [4.78, 5) is 0.414. The quantitative estimate of drug-likeness (QED) is 0.903. The van der Waals surface area contributed by atoms with Gasteiger partial charge >= 0.3 is 0 Å². The molecule has 1 aromatic carbocycles. The molecule has 0 aromatic heterocycles. The summed E-state index contributed by atoms with van der Waals surface area (Å²) in [5, 5.41) is 4.33. The lowest BCUT2D eigenvalue weighted by Gasteiger charge is -2.28. The Morgan fingerprint density at radius 2 is 1.75 bits per heavy atom. The molecule has 2 rings (SSSR count). The second-order valence-corrected chi connectivity index (χ2v) is 8.70. The van der Waals surface area contributed by atoms with Gasteiger partial charge in [0.1, 0.15) is 0 Å². The Morgan fingerprint density at radius 3 is 2.25 bits per heavy atom. The minimum Gasteiger partial charge on any atom is -0.382 e. The van der Waals surface area contributed by atoms with Crippen LogP contribution in [-0.4, -0.2) is 31.7 Å². The minimum atomic E-state index is -3.09. The van der Waals surface area contributed by atoms with Gasteiger partial charge in [0.05, 0.1) is 10.6 Å². The molecule has 0 spiro atoms. The highest BCUT2D eigenvalue weighted by Gasteiger charge is 2.20. The maximum atomic E-state index is 11.7. The lowest BCUT2D eigenvalue weighted by Crippen LogP contribution is -2.27. The van der Waals surface area contributed by atoms with Gasteiger partial charge < -0.3 is 5.32 Å². The summed E-state index contributed by atoms with van der Waals surface area (Å²) in [6.07, 6.45) is 7.11. The molecule has 1 saturated carbocycles. The molecule has 0 radical (unpaired) electrons. The number of hydrogen-bond donors (Lipinski definition) is 1. The van der Waals surface area contributed by atoms with E-state index < -0.39 is 9.84 Å². The second-order valence-electron chi connectivity index (χ2n) is 5.28. The third-order valence-electron chi connectivity index (χ3n) is 3.97. The zero-order valence-corrected chi connectivity index (χ0v) is 13.8. The summed E-state index contributed by atoms with van der Waals surface area (Å²) >= 11 is 1.97. The highest BCUT2D eigenvalue weighted by molar-refractivity contribution is 7.99. The molecule has 0 unspecified atom stereocenters. The Balaban J connectivity index is 1.95. The van der Waals surface area contributed by atoms with Gasteiger partial charge in [0.2, 0.25) is 0 Å². The highest BCUT2D eigenvalue weighted by Crippen LogP contribution is 2.28. The van der Waals surface area contributed by atoms with Gasteiger partial charge in [-0.2, -0.15) is 11.8 Å². The number of nitrogens with one attached hydrogen (secondary N) is 1. The van der Waals surface area contributed by atoms with Crippen LogP contribution in [0.25, 0.3) is 0 Å². The summed E-state index contributed by atoms with van der Waals surface area (Å²) in [6, 6.07) is 7.68. The zero-order valence-electron chi connectivity index (χ0n) is 12.1. The normalized spacial score (nSPS) is 23.5. The van der Waals surface area contributed by atoms with Crippen molar-refractivity contribution in [2.45, 2.75) is 48.8 Å². The van der Waals surface area contributed by atoms with Crippen molar-refractivity contribution in [2.75, 3.05) is 17.3 Å². The van der Waals surface area contributed by atoms with E-state index in [2.05, 4.69) is 11.6 Å². The number of rotatable bonds is 5. The van der Waals surface area contributed by atoms with Gasteiger partial charge in [-0.15, -0.1) is 0 Å². The van der Waals surface area contributed by atoms with E-state index in [4.69, 9.17) is 0 Å². The number of benzene rings is 1. The van der Waals surface area contributed by atoms with E-state index in [0.29, 0.717) is 10.9 Å². The van der Waals surface area contributed by atoms with Crippen molar-refractivity contribution in [3.05, 3.63) is 24.3 Å². The van der Waals surface area contributed by atoms with Gasteiger partial charge in [0.15, 0.2) is 9.84 Å².